The summed E-state index contributed by atoms with van der Waals surface area (Å²) < 4.78 is 21.8. The minimum atomic E-state index is -0.330. The number of carbonyl (C=O) groups excluding carboxylic acids is 1. The first-order valence-electron chi connectivity index (χ1n) is 10.0. The van der Waals surface area contributed by atoms with Crippen LogP contribution in [-0.4, -0.2) is 34.0 Å². The molecule has 0 bridgehead atoms. The Bertz CT molecular complexity index is 823. The van der Waals surface area contributed by atoms with Gasteiger partial charge < -0.3 is 29.6 Å². The first-order chi connectivity index (χ1) is 14.5. The van der Waals surface area contributed by atoms with Crippen LogP contribution in [0.2, 0.25) is 0 Å². The normalized spacial score (nSPS) is 10.5. The largest absolute Gasteiger partial charge is 0.497 e. The lowest BCUT2D eigenvalue weighted by atomic mass is 10.1. The van der Waals surface area contributed by atoms with E-state index in [2.05, 4.69) is 24.5 Å². The molecule has 0 aromatic heterocycles. The smallest absolute Gasteiger partial charge is 0.319 e. The second-order valence-electron chi connectivity index (χ2n) is 7.24. The van der Waals surface area contributed by atoms with Crippen molar-refractivity contribution in [3.8, 4) is 23.0 Å². The average Bonchev–Trinajstić information content (AvgIpc) is 2.75. The molecule has 0 saturated carbocycles. The van der Waals surface area contributed by atoms with Gasteiger partial charge in [0.05, 0.1) is 27.9 Å². The number of urea groups is 1. The molecule has 0 aliphatic carbocycles. The molecule has 0 saturated heterocycles. The van der Waals surface area contributed by atoms with Crippen LogP contribution in [0, 0.1) is 5.92 Å². The molecular formula is C23H32N2O5. The lowest BCUT2D eigenvalue weighted by molar-refractivity contribution is 0.251. The number of nitrogens with one attached hydrogen (secondary N) is 2. The topological polar surface area (TPSA) is 78.1 Å². The number of carbonyl (C=O) groups is 1. The first kappa shape index (κ1) is 23.2. The van der Waals surface area contributed by atoms with Gasteiger partial charge in [-0.15, -0.1) is 0 Å². The second kappa shape index (κ2) is 11.8. The van der Waals surface area contributed by atoms with E-state index in [1.807, 2.05) is 12.1 Å². The molecule has 0 unspecified atom stereocenters. The van der Waals surface area contributed by atoms with Gasteiger partial charge >= 0.3 is 6.03 Å². The van der Waals surface area contributed by atoms with Crippen molar-refractivity contribution in [3.05, 3.63) is 42.0 Å². The van der Waals surface area contributed by atoms with Gasteiger partial charge in [-0.05, 0) is 43.0 Å². The van der Waals surface area contributed by atoms with E-state index in [1.54, 1.807) is 45.6 Å². The highest BCUT2D eigenvalue weighted by atomic mass is 16.5. The van der Waals surface area contributed by atoms with Crippen molar-refractivity contribution in [2.24, 2.45) is 5.92 Å². The molecule has 7 nitrogen and oxygen atoms in total. The zero-order chi connectivity index (χ0) is 21.9. The van der Waals surface area contributed by atoms with Gasteiger partial charge in [0.25, 0.3) is 0 Å². The van der Waals surface area contributed by atoms with Gasteiger partial charge in [0.2, 0.25) is 0 Å². The molecule has 2 aromatic carbocycles. The highest BCUT2D eigenvalue weighted by Crippen LogP contribution is 2.30. The van der Waals surface area contributed by atoms with Crippen LogP contribution in [0.5, 0.6) is 23.0 Å². The van der Waals surface area contributed by atoms with Crippen molar-refractivity contribution >= 4 is 11.7 Å². The van der Waals surface area contributed by atoms with Gasteiger partial charge in [-0.25, -0.2) is 4.79 Å². The Hall–Kier alpha value is -3.09. The molecule has 0 aliphatic heterocycles. The predicted octanol–water partition coefficient (Wildman–Crippen LogP) is 4.85. The summed E-state index contributed by atoms with van der Waals surface area (Å²) in [6, 6.07) is 10.4. The summed E-state index contributed by atoms with van der Waals surface area (Å²) in [6.45, 7) is 5.28. The van der Waals surface area contributed by atoms with Crippen molar-refractivity contribution in [2.45, 2.75) is 33.2 Å². The van der Waals surface area contributed by atoms with E-state index in [1.165, 1.54) is 0 Å². The molecule has 0 radical (unpaired) electrons. The van der Waals surface area contributed by atoms with Gasteiger partial charge in [0.1, 0.15) is 11.5 Å². The third-order valence-electron chi connectivity index (χ3n) is 4.54. The molecule has 164 valence electrons. The Balaban J connectivity index is 1.95. The zero-order valence-electron chi connectivity index (χ0n) is 18.4. The quantitative estimate of drug-likeness (QED) is 0.512. The van der Waals surface area contributed by atoms with E-state index in [0.717, 1.165) is 18.4 Å². The number of rotatable bonds is 11. The van der Waals surface area contributed by atoms with Crippen molar-refractivity contribution in [3.63, 3.8) is 0 Å². The van der Waals surface area contributed by atoms with E-state index in [0.29, 0.717) is 47.8 Å². The van der Waals surface area contributed by atoms with Crippen LogP contribution >= 0.6 is 0 Å². The fraction of sp³-hybridized carbons (Fsp3) is 0.435. The van der Waals surface area contributed by atoms with Crippen LogP contribution in [0.25, 0.3) is 0 Å². The van der Waals surface area contributed by atoms with Crippen LogP contribution in [0.1, 0.15) is 32.3 Å². The lowest BCUT2D eigenvalue weighted by Crippen LogP contribution is -2.28. The summed E-state index contributed by atoms with van der Waals surface area (Å²) in [6.07, 6.45) is 2.06. The van der Waals surface area contributed by atoms with E-state index >= 15 is 0 Å². The highest BCUT2D eigenvalue weighted by Gasteiger charge is 2.10. The van der Waals surface area contributed by atoms with Gasteiger partial charge in [0.15, 0.2) is 11.5 Å². The molecule has 0 aliphatic rings. The van der Waals surface area contributed by atoms with Crippen molar-refractivity contribution in [1.29, 1.82) is 0 Å². The Morgan fingerprint density at radius 3 is 2.37 bits per heavy atom. The van der Waals surface area contributed by atoms with Crippen molar-refractivity contribution in [1.82, 2.24) is 5.32 Å². The monoisotopic (exact) mass is 416 g/mol. The van der Waals surface area contributed by atoms with Gasteiger partial charge in [-0.2, -0.15) is 0 Å². The van der Waals surface area contributed by atoms with Crippen LogP contribution in [0.15, 0.2) is 36.4 Å². The molecule has 7 heteroatoms. The maximum Gasteiger partial charge on any atom is 0.319 e. The van der Waals surface area contributed by atoms with Crippen LogP contribution in [0.4, 0.5) is 10.5 Å². The van der Waals surface area contributed by atoms with E-state index in [9.17, 15) is 4.79 Å². The first-order valence-corrected chi connectivity index (χ1v) is 10.0. The summed E-state index contributed by atoms with van der Waals surface area (Å²) in [5, 5.41) is 5.65. The van der Waals surface area contributed by atoms with Gasteiger partial charge in [0, 0.05) is 29.9 Å². The zero-order valence-corrected chi connectivity index (χ0v) is 18.4. The number of anilines is 1. The predicted molar refractivity (Wildman–Crippen MR) is 118 cm³/mol. The number of methoxy groups -OCH3 is 3. The average molecular weight is 417 g/mol. The molecular weight excluding hydrogens is 384 g/mol. The molecule has 2 rings (SSSR count). The van der Waals surface area contributed by atoms with Gasteiger partial charge in [-0.1, -0.05) is 13.8 Å². The Labute approximate surface area is 178 Å². The maximum atomic E-state index is 12.3. The molecule has 2 aromatic rings. The molecule has 0 heterocycles. The minimum Gasteiger partial charge on any atom is -0.497 e. The summed E-state index contributed by atoms with van der Waals surface area (Å²) in [4.78, 5) is 12.3. The van der Waals surface area contributed by atoms with Crippen LogP contribution in [-0.2, 0) is 6.54 Å². The van der Waals surface area contributed by atoms with Crippen molar-refractivity contribution < 1.29 is 23.7 Å². The standard InChI is InChI=1S/C23H32N2O5/c1-16(2)7-6-12-30-22-13-18(9-11-20(22)28-4)25-23(26)24-15-17-8-10-19(27-3)14-21(17)29-5/h8-11,13-14,16H,6-7,12,15H2,1-5H3,(H2,24,25,26). The van der Waals surface area contributed by atoms with E-state index < -0.39 is 0 Å². The number of ether oxygens (including phenoxy) is 4. The summed E-state index contributed by atoms with van der Waals surface area (Å²) in [7, 11) is 4.77. The third kappa shape index (κ3) is 7.06. The molecule has 30 heavy (non-hydrogen) atoms. The Morgan fingerprint density at radius 2 is 1.70 bits per heavy atom. The highest BCUT2D eigenvalue weighted by molar-refractivity contribution is 5.89. The second-order valence-corrected chi connectivity index (χ2v) is 7.24. The number of amides is 2. The molecule has 0 spiro atoms. The molecule has 2 amide bonds. The van der Waals surface area contributed by atoms with Crippen molar-refractivity contribution in [2.75, 3.05) is 33.3 Å². The Kier molecular flexibility index (Phi) is 9.12. The number of hydrogen-bond donors (Lipinski definition) is 2. The molecule has 0 fully saturated rings. The fourth-order valence-corrected chi connectivity index (χ4v) is 2.89. The summed E-state index contributed by atoms with van der Waals surface area (Å²) in [5.74, 6) is 3.22. The summed E-state index contributed by atoms with van der Waals surface area (Å²) >= 11 is 0. The van der Waals surface area contributed by atoms with Gasteiger partial charge in [-0.3, -0.25) is 0 Å². The fourth-order valence-electron chi connectivity index (χ4n) is 2.89. The maximum absolute atomic E-state index is 12.3. The molecule has 2 N–H and O–H groups in total. The van der Waals surface area contributed by atoms with Crippen LogP contribution in [0.3, 0.4) is 0 Å². The third-order valence-corrected chi connectivity index (χ3v) is 4.54. The lowest BCUT2D eigenvalue weighted by Gasteiger charge is -2.14. The SMILES string of the molecule is COc1ccc(CNC(=O)Nc2ccc(OC)c(OCCCC(C)C)c2)c(OC)c1. The van der Waals surface area contributed by atoms with E-state index in [4.69, 9.17) is 18.9 Å². The number of benzene rings is 2. The molecule has 0 atom stereocenters. The summed E-state index contributed by atoms with van der Waals surface area (Å²) in [5.41, 5.74) is 1.46. The van der Waals surface area contributed by atoms with Crippen LogP contribution < -0.4 is 29.6 Å². The number of hydrogen-bond acceptors (Lipinski definition) is 5. The minimum absolute atomic E-state index is 0.313. The van der Waals surface area contributed by atoms with E-state index in [-0.39, 0.29) is 6.03 Å². The Morgan fingerprint density at radius 1 is 0.933 bits per heavy atom.